The van der Waals surface area contributed by atoms with E-state index < -0.39 is 0 Å². The minimum absolute atomic E-state index is 0.473. The quantitative estimate of drug-likeness (QED) is 0.664. The predicted octanol–water partition coefficient (Wildman–Crippen LogP) is 3.75. The summed E-state index contributed by atoms with van der Waals surface area (Å²) in [4.78, 5) is 0. The molecule has 0 spiro atoms. The number of hydrogen-bond acceptors (Lipinski definition) is 2. The zero-order valence-electron chi connectivity index (χ0n) is 12.1. The minimum atomic E-state index is 0.473. The minimum Gasteiger partial charge on any atom is -0.378 e. The van der Waals surface area contributed by atoms with Crippen molar-refractivity contribution in [3.05, 3.63) is 0 Å². The summed E-state index contributed by atoms with van der Waals surface area (Å²) in [6.45, 7) is 10.1. The molecular formula is C15H31NO. The Bertz CT molecular complexity index is 179. The maximum Gasteiger partial charge on any atom is 0.0581 e. The highest BCUT2D eigenvalue weighted by molar-refractivity contribution is 4.85. The maximum atomic E-state index is 5.84. The third kappa shape index (κ3) is 4.97. The van der Waals surface area contributed by atoms with Gasteiger partial charge in [-0.15, -0.1) is 0 Å². The molecule has 102 valence electrons. The van der Waals surface area contributed by atoms with Gasteiger partial charge in [-0.05, 0) is 44.1 Å². The number of rotatable bonds is 9. The molecule has 1 rings (SSSR count). The van der Waals surface area contributed by atoms with Gasteiger partial charge < -0.3 is 10.1 Å². The van der Waals surface area contributed by atoms with Crippen LogP contribution in [0.4, 0.5) is 0 Å². The van der Waals surface area contributed by atoms with Crippen molar-refractivity contribution in [3.8, 4) is 0 Å². The number of ether oxygens (including phenoxy) is 1. The maximum absolute atomic E-state index is 5.84. The van der Waals surface area contributed by atoms with Crippen LogP contribution in [-0.2, 0) is 4.74 Å². The van der Waals surface area contributed by atoms with E-state index in [0.717, 1.165) is 13.2 Å². The van der Waals surface area contributed by atoms with Crippen molar-refractivity contribution < 1.29 is 4.74 Å². The summed E-state index contributed by atoms with van der Waals surface area (Å²) in [5.74, 6) is 0. The second kappa shape index (κ2) is 8.10. The highest BCUT2D eigenvalue weighted by Crippen LogP contribution is 2.36. The number of hydrogen-bond donors (Lipinski definition) is 1. The van der Waals surface area contributed by atoms with E-state index in [1.165, 1.54) is 51.5 Å². The third-order valence-corrected chi connectivity index (χ3v) is 4.25. The molecule has 0 aliphatic carbocycles. The molecule has 0 radical (unpaired) electrons. The van der Waals surface area contributed by atoms with E-state index in [1.54, 1.807) is 0 Å². The Morgan fingerprint density at radius 1 is 1.29 bits per heavy atom. The molecule has 1 aliphatic rings. The number of nitrogens with one attached hydrogen (secondary N) is 1. The molecule has 2 heteroatoms. The van der Waals surface area contributed by atoms with Gasteiger partial charge in [0.2, 0.25) is 0 Å². The average Bonchev–Trinajstić information content (AvgIpc) is 2.85. The normalized spacial score (nSPS) is 23.8. The van der Waals surface area contributed by atoms with Gasteiger partial charge in [0.15, 0.2) is 0 Å². The van der Waals surface area contributed by atoms with Gasteiger partial charge >= 0.3 is 0 Å². The molecular weight excluding hydrogens is 210 g/mol. The smallest absolute Gasteiger partial charge is 0.0581 e. The second-order valence-electron chi connectivity index (χ2n) is 5.58. The molecule has 0 aromatic heterocycles. The standard InChI is InChI=1S/C15H31NO/c1-4-7-10-15(5-2,13-16-6-3)12-14-9-8-11-17-14/h14,16H,4-13H2,1-3H3. The van der Waals surface area contributed by atoms with Gasteiger partial charge in [-0.3, -0.25) is 0 Å². The van der Waals surface area contributed by atoms with Crippen LogP contribution in [0.2, 0.25) is 0 Å². The van der Waals surface area contributed by atoms with Gasteiger partial charge in [-0.1, -0.05) is 33.6 Å². The molecule has 1 aliphatic heterocycles. The summed E-state index contributed by atoms with van der Waals surface area (Å²) in [5, 5.41) is 3.57. The Kier molecular flexibility index (Phi) is 7.14. The Morgan fingerprint density at radius 3 is 2.65 bits per heavy atom. The second-order valence-corrected chi connectivity index (χ2v) is 5.58. The van der Waals surface area contributed by atoms with E-state index in [1.807, 2.05) is 0 Å². The van der Waals surface area contributed by atoms with Crippen molar-refractivity contribution in [1.82, 2.24) is 5.32 Å². The van der Waals surface area contributed by atoms with Crippen molar-refractivity contribution >= 4 is 0 Å². The van der Waals surface area contributed by atoms with Crippen LogP contribution in [0.5, 0.6) is 0 Å². The molecule has 2 nitrogen and oxygen atoms in total. The van der Waals surface area contributed by atoms with Crippen LogP contribution < -0.4 is 5.32 Å². The fourth-order valence-electron chi connectivity index (χ4n) is 2.94. The summed E-state index contributed by atoms with van der Waals surface area (Å²) in [6, 6.07) is 0. The lowest BCUT2D eigenvalue weighted by atomic mass is 9.75. The largest absolute Gasteiger partial charge is 0.378 e. The fourth-order valence-corrected chi connectivity index (χ4v) is 2.94. The molecule has 0 aromatic carbocycles. The monoisotopic (exact) mass is 241 g/mol. The Hall–Kier alpha value is -0.0800. The van der Waals surface area contributed by atoms with E-state index in [9.17, 15) is 0 Å². The Morgan fingerprint density at radius 2 is 2.12 bits per heavy atom. The first-order chi connectivity index (χ1) is 8.26. The van der Waals surface area contributed by atoms with Crippen LogP contribution in [0.25, 0.3) is 0 Å². The molecule has 0 bridgehead atoms. The van der Waals surface area contributed by atoms with Crippen molar-refractivity contribution in [3.63, 3.8) is 0 Å². The Labute approximate surface area is 108 Å². The first-order valence-electron chi connectivity index (χ1n) is 7.58. The van der Waals surface area contributed by atoms with Gasteiger partial charge in [0.25, 0.3) is 0 Å². The van der Waals surface area contributed by atoms with E-state index in [4.69, 9.17) is 4.74 Å². The molecule has 1 saturated heterocycles. The molecule has 17 heavy (non-hydrogen) atoms. The van der Waals surface area contributed by atoms with Crippen molar-refractivity contribution in [2.45, 2.75) is 71.8 Å². The van der Waals surface area contributed by atoms with E-state index >= 15 is 0 Å². The Balaban J connectivity index is 2.52. The average molecular weight is 241 g/mol. The highest BCUT2D eigenvalue weighted by Gasteiger charge is 2.32. The fraction of sp³-hybridized carbons (Fsp3) is 1.00. The lowest BCUT2D eigenvalue weighted by molar-refractivity contribution is 0.0534. The summed E-state index contributed by atoms with van der Waals surface area (Å²) in [6.07, 6.45) is 9.62. The van der Waals surface area contributed by atoms with Gasteiger partial charge in [-0.25, -0.2) is 0 Å². The first kappa shape index (κ1) is 15.0. The molecule has 0 aromatic rings. The zero-order valence-corrected chi connectivity index (χ0v) is 12.1. The molecule has 0 saturated carbocycles. The highest BCUT2D eigenvalue weighted by atomic mass is 16.5. The van der Waals surface area contributed by atoms with E-state index in [2.05, 4.69) is 26.1 Å². The van der Waals surface area contributed by atoms with E-state index in [-0.39, 0.29) is 0 Å². The third-order valence-electron chi connectivity index (χ3n) is 4.25. The van der Waals surface area contributed by atoms with Crippen LogP contribution in [-0.4, -0.2) is 25.8 Å². The lowest BCUT2D eigenvalue weighted by Gasteiger charge is -2.35. The van der Waals surface area contributed by atoms with E-state index in [0.29, 0.717) is 11.5 Å². The predicted molar refractivity (Wildman–Crippen MR) is 74.4 cm³/mol. The molecule has 1 heterocycles. The summed E-state index contributed by atoms with van der Waals surface area (Å²) in [5.41, 5.74) is 0.473. The van der Waals surface area contributed by atoms with Gasteiger partial charge in [-0.2, -0.15) is 0 Å². The summed E-state index contributed by atoms with van der Waals surface area (Å²) in [7, 11) is 0. The van der Waals surface area contributed by atoms with Crippen molar-refractivity contribution in [2.24, 2.45) is 5.41 Å². The first-order valence-corrected chi connectivity index (χ1v) is 7.58. The molecule has 1 N–H and O–H groups in total. The molecule has 0 amide bonds. The van der Waals surface area contributed by atoms with Gasteiger partial charge in [0, 0.05) is 13.2 Å². The molecule has 1 fully saturated rings. The van der Waals surface area contributed by atoms with Crippen molar-refractivity contribution in [2.75, 3.05) is 19.7 Å². The topological polar surface area (TPSA) is 21.3 Å². The van der Waals surface area contributed by atoms with Gasteiger partial charge in [0.05, 0.1) is 6.10 Å². The van der Waals surface area contributed by atoms with Crippen LogP contribution >= 0.6 is 0 Å². The van der Waals surface area contributed by atoms with Crippen LogP contribution in [0.15, 0.2) is 0 Å². The molecule has 2 atom stereocenters. The summed E-state index contributed by atoms with van der Waals surface area (Å²) < 4.78 is 5.84. The van der Waals surface area contributed by atoms with Crippen LogP contribution in [0.3, 0.4) is 0 Å². The SMILES string of the molecule is CCCCC(CC)(CNCC)CC1CCCO1. The molecule has 2 unspecified atom stereocenters. The van der Waals surface area contributed by atoms with Crippen LogP contribution in [0.1, 0.15) is 65.7 Å². The summed E-state index contributed by atoms with van der Waals surface area (Å²) >= 11 is 0. The van der Waals surface area contributed by atoms with Crippen LogP contribution in [0, 0.1) is 5.41 Å². The van der Waals surface area contributed by atoms with Gasteiger partial charge in [0.1, 0.15) is 0 Å². The van der Waals surface area contributed by atoms with Crippen molar-refractivity contribution in [1.29, 1.82) is 0 Å². The number of unbranched alkanes of at least 4 members (excludes halogenated alkanes) is 1. The zero-order chi connectivity index (χ0) is 12.6. The lowest BCUT2D eigenvalue weighted by Crippen LogP contribution is -2.37.